The second-order valence-electron chi connectivity index (χ2n) is 10.2. The van der Waals surface area contributed by atoms with Gasteiger partial charge in [0, 0.05) is 5.57 Å². The highest BCUT2D eigenvalue weighted by molar-refractivity contribution is 7.91. The van der Waals surface area contributed by atoms with Crippen molar-refractivity contribution in [3.05, 3.63) is 88.0 Å². The molecule has 0 spiro atoms. The summed E-state index contributed by atoms with van der Waals surface area (Å²) in [6.07, 6.45) is 0. The molecule has 0 aromatic heterocycles. The number of fused-ring (bicyclic) bond motifs is 3. The third kappa shape index (κ3) is 4.04. The maximum Gasteiger partial charge on any atom is 0.207 e. The van der Waals surface area contributed by atoms with Gasteiger partial charge in [0.25, 0.3) is 0 Å². The SMILES string of the molecule is CC(C)c1cc(C(C)C)c(S(=O)(=O)c2ccc3c(c2)C(=C(C#N)C#N)c2ccccc2-3)c(C(C)C)c1. The van der Waals surface area contributed by atoms with Crippen LogP contribution in [0.1, 0.15) is 87.1 Å². The van der Waals surface area contributed by atoms with E-state index in [2.05, 4.69) is 13.8 Å². The maximum absolute atomic E-state index is 14.3. The van der Waals surface area contributed by atoms with Crippen molar-refractivity contribution in [3.63, 3.8) is 0 Å². The molecule has 3 aromatic carbocycles. The fourth-order valence-electron chi connectivity index (χ4n) is 4.94. The van der Waals surface area contributed by atoms with E-state index in [4.69, 9.17) is 0 Å². The molecule has 0 radical (unpaired) electrons. The minimum Gasteiger partial charge on any atom is -0.218 e. The second kappa shape index (κ2) is 9.41. The zero-order valence-electron chi connectivity index (χ0n) is 21.5. The summed E-state index contributed by atoms with van der Waals surface area (Å²) in [5, 5.41) is 19.3. The number of sulfone groups is 1. The Morgan fingerprint density at radius 3 is 1.72 bits per heavy atom. The first kappa shape index (κ1) is 25.4. The van der Waals surface area contributed by atoms with E-state index < -0.39 is 9.84 Å². The number of nitriles is 2. The third-order valence-electron chi connectivity index (χ3n) is 6.88. The van der Waals surface area contributed by atoms with Crippen molar-refractivity contribution in [2.24, 2.45) is 0 Å². The Morgan fingerprint density at radius 2 is 1.22 bits per heavy atom. The van der Waals surface area contributed by atoms with Crippen molar-refractivity contribution >= 4 is 15.4 Å². The molecule has 0 aliphatic heterocycles. The van der Waals surface area contributed by atoms with Gasteiger partial charge < -0.3 is 0 Å². The van der Waals surface area contributed by atoms with Crippen molar-refractivity contribution in [3.8, 4) is 23.3 Å². The lowest BCUT2D eigenvalue weighted by Gasteiger charge is -2.23. The molecule has 0 fully saturated rings. The van der Waals surface area contributed by atoms with Crippen LogP contribution < -0.4 is 0 Å². The predicted octanol–water partition coefficient (Wildman–Crippen LogP) is 7.72. The number of hydrogen-bond acceptors (Lipinski definition) is 4. The van der Waals surface area contributed by atoms with Gasteiger partial charge in [0.05, 0.1) is 9.79 Å². The largest absolute Gasteiger partial charge is 0.218 e. The van der Waals surface area contributed by atoms with E-state index in [1.807, 2.05) is 76.2 Å². The number of nitrogens with zero attached hydrogens (tertiary/aromatic N) is 2. The molecule has 182 valence electrons. The van der Waals surface area contributed by atoms with Gasteiger partial charge in [0.2, 0.25) is 9.84 Å². The smallest absolute Gasteiger partial charge is 0.207 e. The quantitative estimate of drug-likeness (QED) is 0.266. The van der Waals surface area contributed by atoms with Crippen LogP contribution in [0.3, 0.4) is 0 Å². The molecule has 0 atom stereocenters. The molecule has 3 aromatic rings. The molecule has 1 aliphatic carbocycles. The average Bonchev–Trinajstić information content (AvgIpc) is 3.17. The van der Waals surface area contributed by atoms with E-state index in [9.17, 15) is 18.9 Å². The number of rotatable bonds is 5. The van der Waals surface area contributed by atoms with E-state index >= 15 is 0 Å². The number of benzene rings is 3. The molecule has 0 bridgehead atoms. The molecule has 0 unspecified atom stereocenters. The van der Waals surface area contributed by atoms with Gasteiger partial charge in [0.15, 0.2) is 0 Å². The standard InChI is InChI=1S/C31H30N2O2S/c1-18(2)21-13-27(19(3)4)31(28(14-21)20(5)6)36(34,35)23-11-12-25-24-9-7-8-10-26(24)30(29(25)15-23)22(16-32)17-33/h7-15,18-20H,1-6H3. The molecule has 1 aliphatic rings. The Hall–Kier alpha value is -3.67. The van der Waals surface area contributed by atoms with Gasteiger partial charge in [0.1, 0.15) is 17.7 Å². The lowest BCUT2D eigenvalue weighted by Crippen LogP contribution is -2.13. The van der Waals surface area contributed by atoms with Crippen LogP contribution in [0, 0.1) is 22.7 Å². The zero-order chi connectivity index (χ0) is 26.4. The van der Waals surface area contributed by atoms with Gasteiger partial charge in [-0.1, -0.05) is 84.0 Å². The van der Waals surface area contributed by atoms with E-state index in [1.54, 1.807) is 18.2 Å². The van der Waals surface area contributed by atoms with Crippen LogP contribution in [-0.2, 0) is 9.84 Å². The lowest BCUT2D eigenvalue weighted by atomic mass is 9.89. The highest BCUT2D eigenvalue weighted by Gasteiger charge is 2.32. The van der Waals surface area contributed by atoms with Crippen LogP contribution in [0.5, 0.6) is 0 Å². The van der Waals surface area contributed by atoms with Gasteiger partial charge in [-0.05, 0) is 68.8 Å². The van der Waals surface area contributed by atoms with E-state index in [0.29, 0.717) is 16.0 Å². The van der Waals surface area contributed by atoms with Crippen molar-refractivity contribution in [2.45, 2.75) is 69.1 Å². The van der Waals surface area contributed by atoms with Crippen molar-refractivity contribution in [2.75, 3.05) is 0 Å². The third-order valence-corrected chi connectivity index (χ3v) is 8.76. The Bertz CT molecular complexity index is 1550. The molecule has 5 heteroatoms. The van der Waals surface area contributed by atoms with Gasteiger partial charge >= 0.3 is 0 Å². The monoisotopic (exact) mass is 494 g/mol. The van der Waals surface area contributed by atoms with Gasteiger partial charge in [-0.3, -0.25) is 0 Å². The Labute approximate surface area is 214 Å². The van der Waals surface area contributed by atoms with Crippen molar-refractivity contribution in [1.29, 1.82) is 10.5 Å². The molecule has 0 saturated heterocycles. The molecule has 36 heavy (non-hydrogen) atoms. The van der Waals surface area contributed by atoms with Gasteiger partial charge in [-0.25, -0.2) is 8.42 Å². The average molecular weight is 495 g/mol. The van der Waals surface area contributed by atoms with Gasteiger partial charge in [-0.2, -0.15) is 10.5 Å². The highest BCUT2D eigenvalue weighted by atomic mass is 32.2. The predicted molar refractivity (Wildman–Crippen MR) is 143 cm³/mol. The summed E-state index contributed by atoms with van der Waals surface area (Å²) in [6.45, 7) is 12.3. The van der Waals surface area contributed by atoms with E-state index in [1.165, 1.54) is 0 Å². The topological polar surface area (TPSA) is 81.7 Å². The molecular formula is C31H30N2O2S. The van der Waals surface area contributed by atoms with Crippen LogP contribution in [-0.4, -0.2) is 8.42 Å². The van der Waals surface area contributed by atoms with Crippen LogP contribution >= 0.6 is 0 Å². The van der Waals surface area contributed by atoms with Crippen LogP contribution in [0.2, 0.25) is 0 Å². The molecule has 0 amide bonds. The second-order valence-corrected chi connectivity index (χ2v) is 12.1. The van der Waals surface area contributed by atoms with Crippen LogP contribution in [0.4, 0.5) is 0 Å². The van der Waals surface area contributed by atoms with Crippen LogP contribution in [0.15, 0.2) is 70.0 Å². The molecule has 4 nitrogen and oxygen atoms in total. The molecule has 0 N–H and O–H groups in total. The van der Waals surface area contributed by atoms with Crippen molar-refractivity contribution < 1.29 is 8.42 Å². The summed E-state index contributed by atoms with van der Waals surface area (Å²) in [5.74, 6) is 0.311. The minimum absolute atomic E-state index is 0.0175. The molecular weight excluding hydrogens is 464 g/mol. The first-order valence-corrected chi connectivity index (χ1v) is 13.7. The van der Waals surface area contributed by atoms with Crippen molar-refractivity contribution in [1.82, 2.24) is 0 Å². The molecule has 0 saturated carbocycles. The first-order chi connectivity index (χ1) is 17.0. The highest BCUT2D eigenvalue weighted by Crippen LogP contribution is 2.47. The van der Waals surface area contributed by atoms with E-state index in [0.717, 1.165) is 33.4 Å². The Kier molecular flexibility index (Phi) is 6.65. The first-order valence-electron chi connectivity index (χ1n) is 12.2. The minimum atomic E-state index is -3.89. The summed E-state index contributed by atoms with van der Waals surface area (Å²) >= 11 is 0. The summed E-state index contributed by atoms with van der Waals surface area (Å²) in [7, 11) is -3.89. The fraction of sp³-hybridized carbons (Fsp3) is 0.290. The number of hydrogen-bond donors (Lipinski definition) is 0. The Morgan fingerprint density at radius 1 is 0.694 bits per heavy atom. The lowest BCUT2D eigenvalue weighted by molar-refractivity contribution is 0.590. The maximum atomic E-state index is 14.3. The normalized spacial score (nSPS) is 12.5. The summed E-state index contributed by atoms with van der Waals surface area (Å²) in [6, 6.07) is 20.7. The zero-order valence-corrected chi connectivity index (χ0v) is 22.4. The molecule has 4 rings (SSSR count). The summed E-state index contributed by atoms with van der Waals surface area (Å²) in [5.41, 5.74) is 6.32. The van der Waals surface area contributed by atoms with Crippen LogP contribution in [0.25, 0.3) is 16.7 Å². The van der Waals surface area contributed by atoms with E-state index in [-0.39, 0.29) is 28.2 Å². The number of allylic oxidation sites excluding steroid dienone is 1. The molecule has 0 heterocycles. The fourth-order valence-corrected chi connectivity index (χ4v) is 6.90. The Balaban J connectivity index is 2.03. The summed E-state index contributed by atoms with van der Waals surface area (Å²) in [4.78, 5) is 0.543. The van der Waals surface area contributed by atoms with Gasteiger partial charge in [-0.15, -0.1) is 0 Å². The summed E-state index contributed by atoms with van der Waals surface area (Å²) < 4.78 is 28.6.